The number of anilines is 1. The summed E-state index contributed by atoms with van der Waals surface area (Å²) < 4.78 is 75.8. The smallest absolute Gasteiger partial charge is 0.417 e. The van der Waals surface area contributed by atoms with Crippen molar-refractivity contribution in [3.8, 4) is 6.01 Å². The first-order valence-electron chi connectivity index (χ1n) is 15.5. The molecular formula is C32H43F4N5O4. The van der Waals surface area contributed by atoms with Gasteiger partial charge in [-0.25, -0.2) is 9.18 Å². The monoisotopic (exact) mass is 637 g/mol. The lowest BCUT2D eigenvalue weighted by atomic mass is 9.90. The number of aryl methyl sites for hydroxylation is 2. The number of alkyl halides is 3. The molecule has 0 bridgehead atoms. The number of amides is 1. The zero-order valence-corrected chi connectivity index (χ0v) is 27.1. The Morgan fingerprint density at radius 3 is 2.47 bits per heavy atom. The number of carbonyl (C=O) groups is 1. The highest BCUT2D eigenvalue weighted by molar-refractivity contribution is 5.69. The molecule has 1 amide bonds. The molecule has 2 aromatic rings. The molecule has 1 unspecified atom stereocenters. The molecule has 1 aromatic heterocycles. The van der Waals surface area contributed by atoms with E-state index in [2.05, 4.69) is 9.88 Å². The van der Waals surface area contributed by atoms with Gasteiger partial charge in [-0.1, -0.05) is 6.07 Å². The molecule has 0 radical (unpaired) electrons. The summed E-state index contributed by atoms with van der Waals surface area (Å²) in [6.45, 7) is 12.6. The van der Waals surface area contributed by atoms with Crippen molar-refractivity contribution in [2.75, 3.05) is 44.7 Å². The van der Waals surface area contributed by atoms with Crippen molar-refractivity contribution in [2.45, 2.75) is 97.4 Å². The second-order valence-electron chi connectivity index (χ2n) is 13.4. The maximum absolute atomic E-state index is 15.5. The third kappa shape index (κ3) is 7.14. The number of rotatable bonds is 5. The average Bonchev–Trinajstić information content (AvgIpc) is 3.35. The van der Waals surface area contributed by atoms with Crippen LogP contribution in [0.2, 0.25) is 0 Å². The van der Waals surface area contributed by atoms with Crippen LogP contribution in [-0.2, 0) is 28.7 Å². The summed E-state index contributed by atoms with van der Waals surface area (Å²) in [4.78, 5) is 28.2. The van der Waals surface area contributed by atoms with Gasteiger partial charge >= 0.3 is 18.3 Å². The quantitative estimate of drug-likeness (QED) is 0.371. The van der Waals surface area contributed by atoms with E-state index < -0.39 is 40.9 Å². The number of aromatic nitrogens is 2. The van der Waals surface area contributed by atoms with Gasteiger partial charge in [-0.2, -0.15) is 23.1 Å². The van der Waals surface area contributed by atoms with Crippen LogP contribution in [0.15, 0.2) is 6.07 Å². The largest absolute Gasteiger partial charge is 0.462 e. The zero-order chi connectivity index (χ0) is 32.8. The van der Waals surface area contributed by atoms with E-state index in [1.807, 2.05) is 39.6 Å². The van der Waals surface area contributed by atoms with E-state index in [1.165, 1.54) is 19.9 Å². The van der Waals surface area contributed by atoms with Crippen LogP contribution in [0.25, 0.3) is 0 Å². The molecule has 2 fully saturated rings. The minimum atomic E-state index is -4.76. The molecule has 248 valence electrons. The number of hydrogen-bond acceptors (Lipinski definition) is 8. The maximum atomic E-state index is 15.5. The highest BCUT2D eigenvalue weighted by Crippen LogP contribution is 2.44. The molecule has 1 aromatic carbocycles. The fourth-order valence-corrected chi connectivity index (χ4v) is 6.52. The first-order valence-corrected chi connectivity index (χ1v) is 15.5. The third-order valence-corrected chi connectivity index (χ3v) is 8.77. The molecule has 2 saturated heterocycles. The Morgan fingerprint density at radius 1 is 1.11 bits per heavy atom. The molecule has 0 spiro atoms. The van der Waals surface area contributed by atoms with Gasteiger partial charge in [0.25, 0.3) is 0 Å². The predicted molar refractivity (Wildman–Crippen MR) is 160 cm³/mol. The number of halogens is 4. The summed E-state index contributed by atoms with van der Waals surface area (Å²) in [7, 11) is 2.03. The van der Waals surface area contributed by atoms with Gasteiger partial charge < -0.3 is 28.9 Å². The lowest BCUT2D eigenvalue weighted by Gasteiger charge is -2.41. The van der Waals surface area contributed by atoms with Gasteiger partial charge in [-0.05, 0) is 79.1 Å². The van der Waals surface area contributed by atoms with Crippen molar-refractivity contribution in [1.29, 1.82) is 0 Å². The van der Waals surface area contributed by atoms with Crippen LogP contribution in [0.3, 0.4) is 0 Å². The number of piperazine rings is 1. The van der Waals surface area contributed by atoms with Gasteiger partial charge in [0.2, 0.25) is 0 Å². The minimum Gasteiger partial charge on any atom is -0.462 e. The second kappa shape index (κ2) is 12.5. The molecular weight excluding hydrogens is 594 g/mol. The summed E-state index contributed by atoms with van der Waals surface area (Å²) in [6.07, 6.45) is -4.41. The SMILES string of the molecule is Cc1cc(C)c(C(F)(F)F)c(C2Cc3nc(OC[C@@H]4CCCN4C)nc(N4CCN(C(=O)OC(C)(C)C)[C@H](C)C4)c3CO2)c1F. The fourth-order valence-electron chi connectivity index (χ4n) is 6.52. The number of likely N-dealkylation sites (N-methyl/N-ethyl adjacent to an activating group) is 1. The van der Waals surface area contributed by atoms with E-state index in [0.29, 0.717) is 43.3 Å². The number of likely N-dealkylation sites (tertiary alicyclic amines) is 1. The Bertz CT molecular complexity index is 1430. The van der Waals surface area contributed by atoms with Crippen LogP contribution >= 0.6 is 0 Å². The molecule has 0 saturated carbocycles. The summed E-state index contributed by atoms with van der Waals surface area (Å²) in [5, 5.41) is 0. The number of benzene rings is 1. The van der Waals surface area contributed by atoms with Crippen molar-refractivity contribution in [1.82, 2.24) is 19.8 Å². The highest BCUT2D eigenvalue weighted by Gasteiger charge is 2.42. The molecule has 0 aliphatic carbocycles. The number of nitrogens with zero attached hydrogens (tertiary/aromatic N) is 5. The van der Waals surface area contributed by atoms with Crippen LogP contribution in [0.1, 0.15) is 80.2 Å². The Labute approximate surface area is 261 Å². The van der Waals surface area contributed by atoms with E-state index in [0.717, 1.165) is 19.4 Å². The summed E-state index contributed by atoms with van der Waals surface area (Å²) >= 11 is 0. The van der Waals surface area contributed by atoms with Gasteiger partial charge in [0.1, 0.15) is 23.8 Å². The molecule has 4 heterocycles. The van der Waals surface area contributed by atoms with E-state index in [4.69, 9.17) is 19.2 Å². The Morgan fingerprint density at radius 2 is 1.84 bits per heavy atom. The molecule has 3 aliphatic rings. The second-order valence-corrected chi connectivity index (χ2v) is 13.4. The fraction of sp³-hybridized carbons (Fsp3) is 0.656. The van der Waals surface area contributed by atoms with Crippen LogP contribution in [-0.4, -0.2) is 83.4 Å². The van der Waals surface area contributed by atoms with Crippen molar-refractivity contribution in [2.24, 2.45) is 0 Å². The average molecular weight is 638 g/mol. The van der Waals surface area contributed by atoms with Gasteiger partial charge in [-0.15, -0.1) is 0 Å². The summed E-state index contributed by atoms with van der Waals surface area (Å²) in [5.41, 5.74) is -1.01. The minimum absolute atomic E-state index is 0.0595. The number of fused-ring (bicyclic) bond motifs is 1. The molecule has 9 nitrogen and oxygen atoms in total. The van der Waals surface area contributed by atoms with E-state index >= 15 is 4.39 Å². The lowest BCUT2D eigenvalue weighted by Crippen LogP contribution is -2.55. The van der Waals surface area contributed by atoms with Crippen molar-refractivity contribution >= 4 is 11.9 Å². The third-order valence-electron chi connectivity index (χ3n) is 8.77. The lowest BCUT2D eigenvalue weighted by molar-refractivity contribution is -0.140. The Hall–Kier alpha value is -3.19. The van der Waals surface area contributed by atoms with Crippen molar-refractivity contribution < 1.29 is 36.6 Å². The number of carbonyl (C=O) groups excluding carboxylic acids is 1. The van der Waals surface area contributed by atoms with Gasteiger partial charge in [0.15, 0.2) is 0 Å². The van der Waals surface area contributed by atoms with Crippen molar-refractivity contribution in [3.63, 3.8) is 0 Å². The van der Waals surface area contributed by atoms with Crippen LogP contribution < -0.4 is 9.64 Å². The summed E-state index contributed by atoms with van der Waals surface area (Å²) in [6, 6.07) is 1.30. The maximum Gasteiger partial charge on any atom is 0.417 e. The van der Waals surface area contributed by atoms with E-state index in [9.17, 15) is 18.0 Å². The number of hydrogen-bond donors (Lipinski definition) is 0. The molecule has 3 atom stereocenters. The first kappa shape index (κ1) is 33.2. The topological polar surface area (TPSA) is 80.3 Å². The first-order chi connectivity index (χ1) is 21.0. The standard InChI is InChI=1S/C32H43F4N5O4/c1-18-13-19(2)27(33)25(26(18)32(34,35)36)24-14-23-22(17-43-24)28(38-29(37-23)44-16-21-9-8-10-39(21)7)40-11-12-41(20(3)15-40)30(42)45-31(4,5)6/h13,20-21,24H,8-12,14-17H2,1-7H3/t20-,21+,24?/m1/s1. The molecule has 45 heavy (non-hydrogen) atoms. The van der Waals surface area contributed by atoms with E-state index in [1.54, 1.807) is 4.90 Å². The van der Waals surface area contributed by atoms with Crippen LogP contribution in [0, 0.1) is 19.7 Å². The van der Waals surface area contributed by atoms with Gasteiger partial charge in [-0.3, -0.25) is 0 Å². The van der Waals surface area contributed by atoms with Crippen LogP contribution in [0.4, 0.5) is 28.2 Å². The van der Waals surface area contributed by atoms with Crippen molar-refractivity contribution in [3.05, 3.63) is 45.4 Å². The predicted octanol–water partition coefficient (Wildman–Crippen LogP) is 5.98. The molecule has 0 N–H and O–H groups in total. The molecule has 5 rings (SSSR count). The molecule has 13 heteroatoms. The van der Waals surface area contributed by atoms with Crippen LogP contribution in [0.5, 0.6) is 6.01 Å². The number of ether oxygens (including phenoxy) is 3. The van der Waals surface area contributed by atoms with E-state index in [-0.39, 0.29) is 42.2 Å². The Kier molecular flexibility index (Phi) is 9.25. The normalized spacial score (nSPS) is 22.9. The highest BCUT2D eigenvalue weighted by atomic mass is 19.4. The molecule has 3 aliphatic heterocycles. The zero-order valence-electron chi connectivity index (χ0n) is 27.1. The summed E-state index contributed by atoms with van der Waals surface area (Å²) in [5.74, 6) is -0.385. The van der Waals surface area contributed by atoms with Gasteiger partial charge in [0.05, 0.1) is 24.0 Å². The van der Waals surface area contributed by atoms with Gasteiger partial charge in [0, 0.05) is 49.3 Å². The Balaban J connectivity index is 1.48.